The largest absolute Gasteiger partial charge is 0.361 e. The number of fused-ring (bicyclic) bond motifs is 1. The number of H-pyrrole nitrogens is 1. The maximum atomic E-state index is 5.47. The first-order valence-electron chi connectivity index (χ1n) is 7.16. The Morgan fingerprint density at radius 2 is 2.20 bits per heavy atom. The standard InChI is InChI=1S/C15H14N4O/c1-2-8(1)10-7-11(10)15-18-14(19-20-15)13-9-3-5-16-12(9)4-6-17-13/h3-6,8,10-11,16H,1-2,7H2/t10-,11+/m1/s1. The lowest BCUT2D eigenvalue weighted by Gasteiger charge is -1.95. The van der Waals surface area contributed by atoms with Crippen LogP contribution in [0.3, 0.4) is 0 Å². The lowest BCUT2D eigenvalue weighted by atomic mass is 10.2. The van der Waals surface area contributed by atoms with E-state index in [-0.39, 0.29) is 0 Å². The molecule has 100 valence electrons. The number of hydrogen-bond donors (Lipinski definition) is 1. The fourth-order valence-electron chi connectivity index (χ4n) is 3.19. The van der Waals surface area contributed by atoms with Crippen molar-refractivity contribution < 1.29 is 4.52 Å². The zero-order valence-corrected chi connectivity index (χ0v) is 10.9. The summed E-state index contributed by atoms with van der Waals surface area (Å²) < 4.78 is 5.47. The van der Waals surface area contributed by atoms with E-state index in [1.165, 1.54) is 19.3 Å². The van der Waals surface area contributed by atoms with Gasteiger partial charge in [0, 0.05) is 29.2 Å². The van der Waals surface area contributed by atoms with Gasteiger partial charge in [-0.3, -0.25) is 4.98 Å². The molecule has 0 unspecified atom stereocenters. The number of aromatic nitrogens is 4. The second-order valence-electron chi connectivity index (χ2n) is 5.90. The molecule has 1 N–H and O–H groups in total. The summed E-state index contributed by atoms with van der Waals surface area (Å²) in [6, 6.07) is 3.95. The van der Waals surface area contributed by atoms with Gasteiger partial charge in [-0.15, -0.1) is 0 Å². The van der Waals surface area contributed by atoms with E-state index in [0.29, 0.717) is 11.7 Å². The van der Waals surface area contributed by atoms with Crippen LogP contribution >= 0.6 is 0 Å². The predicted octanol–water partition coefficient (Wildman–Crippen LogP) is 3.13. The van der Waals surface area contributed by atoms with Crippen LogP contribution in [-0.2, 0) is 0 Å². The number of nitrogens with zero attached hydrogens (tertiary/aromatic N) is 3. The van der Waals surface area contributed by atoms with Crippen molar-refractivity contribution in [1.82, 2.24) is 20.1 Å². The minimum absolute atomic E-state index is 0.495. The molecule has 2 saturated carbocycles. The highest BCUT2D eigenvalue weighted by Gasteiger charge is 2.50. The zero-order valence-electron chi connectivity index (χ0n) is 10.9. The molecule has 3 aromatic rings. The molecule has 0 spiro atoms. The number of nitrogens with one attached hydrogen (secondary N) is 1. The maximum Gasteiger partial charge on any atom is 0.230 e. The minimum Gasteiger partial charge on any atom is -0.361 e. The third-order valence-electron chi connectivity index (χ3n) is 4.52. The van der Waals surface area contributed by atoms with Crippen LogP contribution in [0.15, 0.2) is 29.0 Å². The average Bonchev–Trinajstić information content (AvgIpc) is 3.36. The van der Waals surface area contributed by atoms with Gasteiger partial charge in [-0.1, -0.05) is 5.16 Å². The molecular formula is C15H14N4O. The molecule has 2 fully saturated rings. The van der Waals surface area contributed by atoms with Crippen LogP contribution in [0.5, 0.6) is 0 Å². The normalized spacial score (nSPS) is 25.2. The Balaban J connectivity index is 1.52. The molecule has 5 nitrogen and oxygen atoms in total. The molecule has 0 bridgehead atoms. The van der Waals surface area contributed by atoms with Crippen LogP contribution < -0.4 is 0 Å². The first-order chi connectivity index (χ1) is 9.90. The van der Waals surface area contributed by atoms with Crippen LogP contribution in [0.2, 0.25) is 0 Å². The van der Waals surface area contributed by atoms with Gasteiger partial charge in [0.05, 0.1) is 0 Å². The van der Waals surface area contributed by atoms with E-state index in [9.17, 15) is 0 Å². The maximum absolute atomic E-state index is 5.47. The second-order valence-corrected chi connectivity index (χ2v) is 5.90. The Bertz CT molecular complexity index is 786. The van der Waals surface area contributed by atoms with Crippen LogP contribution in [-0.4, -0.2) is 20.1 Å². The fourth-order valence-corrected chi connectivity index (χ4v) is 3.19. The van der Waals surface area contributed by atoms with Crippen molar-refractivity contribution in [2.45, 2.75) is 25.2 Å². The van der Waals surface area contributed by atoms with E-state index in [0.717, 1.165) is 34.3 Å². The summed E-state index contributed by atoms with van der Waals surface area (Å²) in [5, 5.41) is 5.17. The Labute approximate surface area is 115 Å². The first kappa shape index (κ1) is 10.6. The predicted molar refractivity (Wildman–Crippen MR) is 73.0 cm³/mol. The van der Waals surface area contributed by atoms with Gasteiger partial charge >= 0.3 is 0 Å². The van der Waals surface area contributed by atoms with E-state index < -0.39 is 0 Å². The monoisotopic (exact) mass is 266 g/mol. The fraction of sp³-hybridized carbons (Fsp3) is 0.400. The highest BCUT2D eigenvalue weighted by Crippen LogP contribution is 2.58. The van der Waals surface area contributed by atoms with Crippen molar-refractivity contribution in [3.63, 3.8) is 0 Å². The smallest absolute Gasteiger partial charge is 0.230 e. The molecule has 3 aromatic heterocycles. The summed E-state index contributed by atoms with van der Waals surface area (Å²) >= 11 is 0. The molecule has 20 heavy (non-hydrogen) atoms. The van der Waals surface area contributed by atoms with E-state index in [4.69, 9.17) is 4.52 Å². The molecule has 0 aromatic carbocycles. The molecule has 0 saturated heterocycles. The molecule has 0 amide bonds. The van der Waals surface area contributed by atoms with Crippen molar-refractivity contribution in [3.05, 3.63) is 30.4 Å². The minimum atomic E-state index is 0.495. The molecule has 5 rings (SSSR count). The summed E-state index contributed by atoms with van der Waals surface area (Å²) in [7, 11) is 0. The van der Waals surface area contributed by atoms with Gasteiger partial charge in [-0.25, -0.2) is 0 Å². The van der Waals surface area contributed by atoms with Gasteiger partial charge in [0.15, 0.2) is 0 Å². The van der Waals surface area contributed by atoms with Crippen LogP contribution in [0, 0.1) is 11.8 Å². The average molecular weight is 266 g/mol. The topological polar surface area (TPSA) is 67.6 Å². The first-order valence-corrected chi connectivity index (χ1v) is 7.16. The van der Waals surface area contributed by atoms with Crippen molar-refractivity contribution >= 4 is 10.9 Å². The van der Waals surface area contributed by atoms with Gasteiger partial charge in [-0.2, -0.15) is 4.98 Å². The summed E-state index contributed by atoms with van der Waals surface area (Å²) in [5.74, 6) is 3.60. The van der Waals surface area contributed by atoms with E-state index in [1.54, 1.807) is 6.20 Å². The molecule has 0 radical (unpaired) electrons. The summed E-state index contributed by atoms with van der Waals surface area (Å²) in [6.45, 7) is 0. The van der Waals surface area contributed by atoms with Crippen molar-refractivity contribution in [2.24, 2.45) is 11.8 Å². The van der Waals surface area contributed by atoms with E-state index >= 15 is 0 Å². The number of pyridine rings is 1. The summed E-state index contributed by atoms with van der Waals surface area (Å²) in [6.07, 6.45) is 7.65. The molecular weight excluding hydrogens is 252 g/mol. The Kier molecular flexibility index (Phi) is 1.95. The van der Waals surface area contributed by atoms with Gasteiger partial charge in [0.1, 0.15) is 5.69 Å². The Hall–Kier alpha value is -2.17. The summed E-state index contributed by atoms with van der Waals surface area (Å²) in [4.78, 5) is 12.2. The molecule has 2 aliphatic rings. The highest BCUT2D eigenvalue weighted by atomic mass is 16.5. The summed E-state index contributed by atoms with van der Waals surface area (Å²) in [5.41, 5.74) is 1.84. The van der Waals surface area contributed by atoms with Crippen LogP contribution in [0.1, 0.15) is 31.1 Å². The van der Waals surface area contributed by atoms with Crippen LogP contribution in [0.25, 0.3) is 22.4 Å². The van der Waals surface area contributed by atoms with Crippen molar-refractivity contribution in [3.8, 4) is 11.5 Å². The van der Waals surface area contributed by atoms with Gasteiger partial charge in [0.25, 0.3) is 0 Å². The molecule has 5 heteroatoms. The SMILES string of the molecule is c1cc2[nH]ccc2c(-c2noc([C@H]3C[C@@H]3C3CC3)n2)n1. The zero-order chi connectivity index (χ0) is 13.1. The van der Waals surface area contributed by atoms with Crippen molar-refractivity contribution in [2.75, 3.05) is 0 Å². The number of rotatable bonds is 3. The number of hydrogen-bond acceptors (Lipinski definition) is 4. The third kappa shape index (κ3) is 1.52. The highest BCUT2D eigenvalue weighted by molar-refractivity contribution is 5.90. The molecule has 0 aliphatic heterocycles. The third-order valence-corrected chi connectivity index (χ3v) is 4.52. The molecule has 2 atom stereocenters. The molecule has 2 aliphatic carbocycles. The lowest BCUT2D eigenvalue weighted by Crippen LogP contribution is -1.88. The van der Waals surface area contributed by atoms with E-state index in [2.05, 4.69) is 20.1 Å². The Morgan fingerprint density at radius 1 is 1.25 bits per heavy atom. The van der Waals surface area contributed by atoms with E-state index in [1.807, 2.05) is 18.3 Å². The molecule has 3 heterocycles. The lowest BCUT2D eigenvalue weighted by molar-refractivity contribution is 0.374. The number of aromatic amines is 1. The Morgan fingerprint density at radius 3 is 3.10 bits per heavy atom. The van der Waals surface area contributed by atoms with Gasteiger partial charge < -0.3 is 9.51 Å². The quantitative estimate of drug-likeness (QED) is 0.790. The van der Waals surface area contributed by atoms with Gasteiger partial charge in [0.2, 0.25) is 11.7 Å². The second kappa shape index (κ2) is 3.69. The van der Waals surface area contributed by atoms with Crippen molar-refractivity contribution in [1.29, 1.82) is 0 Å². The van der Waals surface area contributed by atoms with Gasteiger partial charge in [-0.05, 0) is 43.2 Å². The van der Waals surface area contributed by atoms with Crippen LogP contribution in [0.4, 0.5) is 0 Å².